The lowest BCUT2D eigenvalue weighted by Gasteiger charge is -2.32. The molecular formula is C53H56N10O6. The number of fused-ring (bicyclic) bond motifs is 1. The van der Waals surface area contributed by atoms with E-state index in [4.69, 9.17) is 9.72 Å². The smallest absolute Gasteiger partial charge is 0.353 e. The second kappa shape index (κ2) is 18.2. The largest absolute Gasteiger partial charge is 0.467 e. The topological polar surface area (TPSA) is 168 Å². The third-order valence-electron chi connectivity index (χ3n) is 14.5. The Morgan fingerprint density at radius 3 is 2.32 bits per heavy atom. The van der Waals surface area contributed by atoms with Crippen molar-refractivity contribution < 1.29 is 23.9 Å². The molecule has 1 atom stereocenters. The zero-order valence-corrected chi connectivity index (χ0v) is 39.6. The molecule has 5 amide bonds. The van der Waals surface area contributed by atoms with Gasteiger partial charge in [-0.2, -0.15) is 0 Å². The number of urea groups is 1. The number of piperidine rings is 2. The van der Waals surface area contributed by atoms with Crippen LogP contribution >= 0.6 is 0 Å². The summed E-state index contributed by atoms with van der Waals surface area (Å²) in [7, 11) is 3.09. The van der Waals surface area contributed by atoms with Crippen molar-refractivity contribution in [3.63, 3.8) is 0 Å². The number of aromatic nitrogens is 5. The molecule has 7 heterocycles. The highest BCUT2D eigenvalue weighted by atomic mass is 16.5. The van der Waals surface area contributed by atoms with Crippen LogP contribution in [0.2, 0.25) is 0 Å². The molecule has 1 unspecified atom stereocenters. The average Bonchev–Trinajstić information content (AvgIpc) is 3.97. The van der Waals surface area contributed by atoms with Crippen LogP contribution < -0.4 is 30.4 Å². The minimum Gasteiger partial charge on any atom is -0.467 e. The van der Waals surface area contributed by atoms with Crippen molar-refractivity contribution in [1.29, 1.82) is 0 Å². The maximum Gasteiger partial charge on any atom is 0.353 e. The van der Waals surface area contributed by atoms with Crippen molar-refractivity contribution in [2.24, 2.45) is 7.05 Å². The van der Waals surface area contributed by atoms with E-state index in [0.29, 0.717) is 43.4 Å². The van der Waals surface area contributed by atoms with E-state index in [0.717, 1.165) is 89.2 Å². The first-order chi connectivity index (χ1) is 33.4. The van der Waals surface area contributed by atoms with Crippen molar-refractivity contribution in [2.75, 3.05) is 54.5 Å². The first-order valence-corrected chi connectivity index (χ1v) is 23.8. The van der Waals surface area contributed by atoms with Crippen LogP contribution in [0, 0.1) is 0 Å². The first kappa shape index (κ1) is 45.3. The first-order valence-electron chi connectivity index (χ1n) is 23.8. The second-order valence-electron chi connectivity index (χ2n) is 18.8. The van der Waals surface area contributed by atoms with Gasteiger partial charge in [-0.15, -0.1) is 5.10 Å². The fourth-order valence-electron chi connectivity index (χ4n) is 10.9. The summed E-state index contributed by atoms with van der Waals surface area (Å²) in [6, 6.07) is 25.7. The van der Waals surface area contributed by atoms with E-state index in [2.05, 4.69) is 57.6 Å². The molecule has 0 bridgehead atoms. The number of nitrogens with zero attached hydrogens (tertiary/aromatic N) is 9. The number of methoxy groups -OCH3 is 1. The molecule has 0 radical (unpaired) electrons. The zero-order valence-electron chi connectivity index (χ0n) is 39.6. The van der Waals surface area contributed by atoms with Gasteiger partial charge in [-0.1, -0.05) is 49.4 Å². The Bertz CT molecular complexity index is 3050. The number of hydrogen-bond donors (Lipinski definition) is 1. The van der Waals surface area contributed by atoms with Crippen LogP contribution in [0.4, 0.5) is 22.0 Å². The maximum absolute atomic E-state index is 13.9. The molecule has 6 aromatic rings. The molecule has 0 saturated carbocycles. The number of aryl methyl sites for hydroxylation is 1. The quantitative estimate of drug-likeness (QED) is 0.133. The van der Waals surface area contributed by atoms with E-state index >= 15 is 0 Å². The molecule has 1 N–H and O–H groups in total. The standard InChI is InChI=1S/C53H56N10O6/c1-6-39-41(20-25-55-47(39)61-30-29-60(52(61)68)38-10-8-24-54-32-38)40-17-16-37(62-50(69-5)57-58(4)51(62)67)31-42(40)35-14-12-33(13-15-35)34-21-26-59(27-22-34)28-23-36-9-7-11-43-46(36)53(2,3)49(66)63(43)44-18-19-45(64)56-48(44)65/h7-17,20,24-25,31-32,34,44H,6,18-19,21-23,26-30H2,1-5H3,(H,56,64,65). The molecule has 16 heteroatoms. The predicted molar refractivity (Wildman–Crippen MR) is 263 cm³/mol. The monoisotopic (exact) mass is 928 g/mol. The van der Waals surface area contributed by atoms with Gasteiger partial charge < -0.3 is 9.64 Å². The Labute approximate surface area is 400 Å². The second-order valence-corrected chi connectivity index (χ2v) is 18.8. The Hall–Kier alpha value is -7.46. The molecule has 3 fully saturated rings. The number of likely N-dealkylation sites (tertiary alicyclic amines) is 1. The van der Waals surface area contributed by atoms with E-state index in [1.165, 1.54) is 21.9 Å². The number of carbonyl (C=O) groups is 4. The number of rotatable bonds is 12. The van der Waals surface area contributed by atoms with E-state index in [-0.39, 0.29) is 36.0 Å². The Balaban J connectivity index is 0.891. The molecule has 4 aliphatic heterocycles. The molecule has 10 rings (SSSR count). The van der Waals surface area contributed by atoms with Crippen LogP contribution in [0.1, 0.15) is 74.6 Å². The number of anilines is 3. The zero-order chi connectivity index (χ0) is 48.1. The highest BCUT2D eigenvalue weighted by Gasteiger charge is 2.50. The van der Waals surface area contributed by atoms with Gasteiger partial charge in [0.25, 0.3) is 0 Å². The van der Waals surface area contributed by atoms with Gasteiger partial charge in [-0.3, -0.25) is 39.4 Å². The number of benzene rings is 3. The highest BCUT2D eigenvalue weighted by Crippen LogP contribution is 2.46. The minimum absolute atomic E-state index is 0.110. The fourth-order valence-corrected chi connectivity index (χ4v) is 10.9. The van der Waals surface area contributed by atoms with E-state index in [1.807, 2.05) is 62.4 Å². The van der Waals surface area contributed by atoms with Crippen molar-refractivity contribution in [3.8, 4) is 34.0 Å². The van der Waals surface area contributed by atoms with Crippen molar-refractivity contribution in [1.82, 2.24) is 34.5 Å². The van der Waals surface area contributed by atoms with Crippen LogP contribution in [0.15, 0.2) is 102 Å². The summed E-state index contributed by atoms with van der Waals surface area (Å²) < 4.78 is 8.27. The third kappa shape index (κ3) is 8.05. The number of pyridine rings is 2. The summed E-state index contributed by atoms with van der Waals surface area (Å²) in [5.41, 5.74) is 9.04. The molecule has 0 aliphatic carbocycles. The lowest BCUT2D eigenvalue weighted by atomic mass is 9.82. The van der Waals surface area contributed by atoms with Crippen LogP contribution in [0.3, 0.4) is 0 Å². The number of carbonyl (C=O) groups excluding carboxylic acids is 4. The van der Waals surface area contributed by atoms with Crippen molar-refractivity contribution >= 4 is 40.9 Å². The SMILES string of the molecule is CCc1c(-c2ccc(-n3c(OC)nn(C)c3=O)cc2-c2ccc(C3CCN(CCc4cccc5c4C(C)(C)C(=O)N5C4CCC(=O)NC4=O)CC3)cc2)ccnc1N1CCN(c2cccnc2)C1=O. The summed E-state index contributed by atoms with van der Waals surface area (Å²) >= 11 is 0. The Morgan fingerprint density at radius 1 is 0.812 bits per heavy atom. The van der Waals surface area contributed by atoms with Gasteiger partial charge in [-0.25, -0.2) is 23.8 Å². The lowest BCUT2D eigenvalue weighted by molar-refractivity contribution is -0.136. The number of hydrogen-bond acceptors (Lipinski definition) is 10. The molecule has 3 saturated heterocycles. The molecule has 3 aromatic carbocycles. The Kier molecular flexibility index (Phi) is 12.0. The molecular weight excluding hydrogens is 873 g/mol. The van der Waals surface area contributed by atoms with Gasteiger partial charge in [0.15, 0.2) is 0 Å². The molecule has 0 spiro atoms. The molecule has 3 aromatic heterocycles. The fraction of sp³-hybridized carbons (Fsp3) is 0.358. The molecule has 354 valence electrons. The predicted octanol–water partition coefficient (Wildman–Crippen LogP) is 6.56. The van der Waals surface area contributed by atoms with Gasteiger partial charge in [0.2, 0.25) is 17.7 Å². The van der Waals surface area contributed by atoms with Crippen LogP contribution in [-0.4, -0.2) is 98.8 Å². The summed E-state index contributed by atoms with van der Waals surface area (Å²) in [6.45, 7) is 9.66. The average molecular weight is 929 g/mol. The normalized spacial score (nSPS) is 18.6. The van der Waals surface area contributed by atoms with Gasteiger partial charge in [-0.05, 0) is 140 Å². The number of amides is 5. The van der Waals surface area contributed by atoms with Crippen LogP contribution in [0.25, 0.3) is 27.9 Å². The van der Waals surface area contributed by atoms with E-state index in [9.17, 15) is 24.0 Å². The van der Waals surface area contributed by atoms with Crippen molar-refractivity contribution in [2.45, 2.75) is 76.7 Å². The number of ether oxygens (including phenoxy) is 1. The maximum atomic E-state index is 13.9. The summed E-state index contributed by atoms with van der Waals surface area (Å²) in [5.74, 6) is 0.169. The van der Waals surface area contributed by atoms with Crippen LogP contribution in [-0.2, 0) is 39.7 Å². The van der Waals surface area contributed by atoms with Gasteiger partial charge in [0, 0.05) is 56.7 Å². The van der Waals surface area contributed by atoms with Crippen LogP contribution in [0.5, 0.6) is 6.01 Å². The summed E-state index contributed by atoms with van der Waals surface area (Å²) in [4.78, 5) is 82.7. The van der Waals surface area contributed by atoms with Gasteiger partial charge in [0.1, 0.15) is 11.9 Å². The number of imide groups is 1. The minimum atomic E-state index is -0.796. The van der Waals surface area contributed by atoms with Gasteiger partial charge in [0.05, 0.1) is 30.1 Å². The van der Waals surface area contributed by atoms with Crippen molar-refractivity contribution in [3.05, 3.63) is 130 Å². The van der Waals surface area contributed by atoms with E-state index in [1.54, 1.807) is 40.3 Å². The summed E-state index contributed by atoms with van der Waals surface area (Å²) in [5, 5.41) is 6.72. The molecule has 4 aliphatic rings. The van der Waals surface area contributed by atoms with E-state index < -0.39 is 17.4 Å². The Morgan fingerprint density at radius 2 is 1.59 bits per heavy atom. The highest BCUT2D eigenvalue weighted by molar-refractivity contribution is 6.14. The number of nitrogens with one attached hydrogen (secondary N) is 1. The lowest BCUT2D eigenvalue weighted by Crippen LogP contribution is -2.55. The molecule has 16 nitrogen and oxygen atoms in total. The molecule has 69 heavy (non-hydrogen) atoms. The third-order valence-corrected chi connectivity index (χ3v) is 14.5. The van der Waals surface area contributed by atoms with Gasteiger partial charge >= 0.3 is 17.7 Å². The summed E-state index contributed by atoms with van der Waals surface area (Å²) in [6.07, 6.45) is 9.07.